The van der Waals surface area contributed by atoms with E-state index in [1.165, 1.54) is 0 Å². The first kappa shape index (κ1) is 14.9. The Hall–Kier alpha value is -1.51. The Morgan fingerprint density at radius 3 is 2.50 bits per heavy atom. The molecule has 0 unspecified atom stereocenters. The summed E-state index contributed by atoms with van der Waals surface area (Å²) in [6, 6.07) is 13.0. The van der Waals surface area contributed by atoms with Crippen LogP contribution in [0.4, 0.5) is 5.69 Å². The summed E-state index contributed by atoms with van der Waals surface area (Å²) in [7, 11) is 0. The highest BCUT2D eigenvalue weighted by Gasteiger charge is 2.08. The first-order valence-electron chi connectivity index (χ1n) is 6.36. The summed E-state index contributed by atoms with van der Waals surface area (Å²) < 4.78 is 0. The predicted octanol–water partition coefficient (Wildman–Crippen LogP) is 4.87. The fourth-order valence-electron chi connectivity index (χ4n) is 1.90. The third-order valence-corrected chi connectivity index (χ3v) is 3.90. The van der Waals surface area contributed by atoms with Crippen LogP contribution in [0.15, 0.2) is 42.5 Å². The summed E-state index contributed by atoms with van der Waals surface area (Å²) in [5.74, 6) is -0.0460. The Morgan fingerprint density at radius 1 is 1.05 bits per heavy atom. The van der Waals surface area contributed by atoms with Crippen molar-refractivity contribution in [2.24, 2.45) is 0 Å². The number of nitrogens with one attached hydrogen (secondary N) is 1. The van der Waals surface area contributed by atoms with Gasteiger partial charge in [-0.25, -0.2) is 0 Å². The number of halogens is 2. The first-order chi connectivity index (χ1) is 9.58. The van der Waals surface area contributed by atoms with Crippen molar-refractivity contribution in [3.63, 3.8) is 0 Å². The van der Waals surface area contributed by atoms with E-state index in [1.54, 1.807) is 6.07 Å². The van der Waals surface area contributed by atoms with Gasteiger partial charge in [-0.15, -0.1) is 0 Å². The molecule has 0 aromatic heterocycles. The molecular formula is C16H15Cl2NO. The van der Waals surface area contributed by atoms with Crippen molar-refractivity contribution >= 4 is 34.8 Å². The molecule has 2 rings (SSSR count). The molecule has 20 heavy (non-hydrogen) atoms. The average Bonchev–Trinajstić information content (AvgIpc) is 2.43. The molecule has 2 aromatic rings. The molecule has 2 nitrogen and oxygen atoms in total. The number of anilines is 1. The predicted molar refractivity (Wildman–Crippen MR) is 84.6 cm³/mol. The van der Waals surface area contributed by atoms with E-state index in [-0.39, 0.29) is 5.91 Å². The summed E-state index contributed by atoms with van der Waals surface area (Å²) in [6.45, 7) is 1.88. The molecule has 0 aliphatic heterocycles. The number of amides is 1. The first-order valence-corrected chi connectivity index (χ1v) is 7.12. The molecule has 0 saturated heterocycles. The molecule has 0 bridgehead atoms. The van der Waals surface area contributed by atoms with Gasteiger partial charge in [0.25, 0.3) is 0 Å². The van der Waals surface area contributed by atoms with Crippen molar-refractivity contribution in [2.45, 2.75) is 19.8 Å². The van der Waals surface area contributed by atoms with Crippen LogP contribution in [0, 0.1) is 6.92 Å². The molecule has 0 heterocycles. The van der Waals surface area contributed by atoms with Crippen molar-refractivity contribution in [3.8, 4) is 0 Å². The minimum Gasteiger partial charge on any atom is -0.326 e. The number of rotatable bonds is 4. The zero-order valence-corrected chi connectivity index (χ0v) is 12.6. The zero-order valence-electron chi connectivity index (χ0n) is 11.1. The SMILES string of the molecule is Cc1c(Cl)cccc1NC(=O)CCc1ccccc1Cl. The lowest BCUT2D eigenvalue weighted by atomic mass is 10.1. The van der Waals surface area contributed by atoms with Crippen LogP contribution < -0.4 is 5.32 Å². The molecule has 0 saturated carbocycles. The molecule has 0 fully saturated rings. The quantitative estimate of drug-likeness (QED) is 0.857. The van der Waals surface area contributed by atoms with Gasteiger partial charge in [-0.3, -0.25) is 4.79 Å². The van der Waals surface area contributed by atoms with Crippen LogP contribution in [0.2, 0.25) is 10.0 Å². The van der Waals surface area contributed by atoms with Gasteiger partial charge in [0.05, 0.1) is 0 Å². The highest BCUT2D eigenvalue weighted by Crippen LogP contribution is 2.23. The number of aryl methyl sites for hydroxylation is 1. The molecule has 1 N–H and O–H groups in total. The molecular weight excluding hydrogens is 293 g/mol. The van der Waals surface area contributed by atoms with Gasteiger partial charge in [0.1, 0.15) is 0 Å². The highest BCUT2D eigenvalue weighted by atomic mass is 35.5. The van der Waals surface area contributed by atoms with E-state index in [2.05, 4.69) is 5.32 Å². The lowest BCUT2D eigenvalue weighted by Gasteiger charge is -2.09. The van der Waals surface area contributed by atoms with Crippen LogP contribution in [0.1, 0.15) is 17.5 Å². The Kier molecular flexibility index (Phi) is 5.05. The van der Waals surface area contributed by atoms with E-state index in [1.807, 2.05) is 43.3 Å². The lowest BCUT2D eigenvalue weighted by Crippen LogP contribution is -2.13. The van der Waals surface area contributed by atoms with Crippen LogP contribution in [0.5, 0.6) is 0 Å². The molecule has 0 aliphatic carbocycles. The van der Waals surface area contributed by atoms with Crippen LogP contribution >= 0.6 is 23.2 Å². The van der Waals surface area contributed by atoms with Gasteiger partial charge in [-0.1, -0.05) is 47.5 Å². The molecule has 0 radical (unpaired) electrons. The molecule has 1 amide bonds. The fourth-order valence-corrected chi connectivity index (χ4v) is 2.31. The molecule has 4 heteroatoms. The van der Waals surface area contributed by atoms with Crippen LogP contribution in [0.3, 0.4) is 0 Å². The summed E-state index contributed by atoms with van der Waals surface area (Å²) in [4.78, 5) is 12.0. The summed E-state index contributed by atoms with van der Waals surface area (Å²) >= 11 is 12.1. The number of carbonyl (C=O) groups is 1. The van der Waals surface area contributed by atoms with E-state index < -0.39 is 0 Å². The number of carbonyl (C=O) groups excluding carboxylic acids is 1. The molecule has 104 valence electrons. The third kappa shape index (κ3) is 3.75. The van der Waals surface area contributed by atoms with E-state index >= 15 is 0 Å². The largest absolute Gasteiger partial charge is 0.326 e. The van der Waals surface area contributed by atoms with Gasteiger partial charge in [0, 0.05) is 22.2 Å². The fraction of sp³-hybridized carbons (Fsp3) is 0.188. The van der Waals surface area contributed by atoms with Gasteiger partial charge in [0.15, 0.2) is 0 Å². The van der Waals surface area contributed by atoms with Crippen molar-refractivity contribution < 1.29 is 4.79 Å². The summed E-state index contributed by atoms with van der Waals surface area (Å²) in [5, 5.41) is 4.22. The van der Waals surface area contributed by atoms with Gasteiger partial charge in [-0.2, -0.15) is 0 Å². The standard InChI is InChI=1S/C16H15Cl2NO/c1-11-13(17)7-4-8-15(11)19-16(20)10-9-12-5-2-3-6-14(12)18/h2-8H,9-10H2,1H3,(H,19,20). The highest BCUT2D eigenvalue weighted by molar-refractivity contribution is 6.32. The summed E-state index contributed by atoms with van der Waals surface area (Å²) in [5.41, 5.74) is 2.61. The maximum Gasteiger partial charge on any atom is 0.224 e. The monoisotopic (exact) mass is 307 g/mol. The number of hydrogen-bond acceptors (Lipinski definition) is 1. The van der Waals surface area contributed by atoms with E-state index in [0.717, 1.165) is 16.8 Å². The zero-order chi connectivity index (χ0) is 14.5. The molecule has 0 atom stereocenters. The van der Waals surface area contributed by atoms with Crippen LogP contribution in [-0.2, 0) is 11.2 Å². The second-order valence-electron chi connectivity index (χ2n) is 4.55. The van der Waals surface area contributed by atoms with Gasteiger partial charge in [0.2, 0.25) is 5.91 Å². The third-order valence-electron chi connectivity index (χ3n) is 3.12. The van der Waals surface area contributed by atoms with E-state index in [0.29, 0.717) is 22.9 Å². The van der Waals surface area contributed by atoms with Crippen molar-refractivity contribution in [3.05, 3.63) is 63.6 Å². The molecule has 0 aliphatic rings. The Morgan fingerprint density at radius 2 is 1.75 bits per heavy atom. The molecule has 0 spiro atoms. The minimum absolute atomic E-state index is 0.0460. The van der Waals surface area contributed by atoms with Crippen molar-refractivity contribution in [1.29, 1.82) is 0 Å². The maximum absolute atomic E-state index is 12.0. The Bertz CT molecular complexity index is 626. The number of benzene rings is 2. The minimum atomic E-state index is -0.0460. The Balaban J connectivity index is 1.96. The van der Waals surface area contributed by atoms with E-state index in [9.17, 15) is 4.79 Å². The topological polar surface area (TPSA) is 29.1 Å². The summed E-state index contributed by atoms with van der Waals surface area (Å²) in [6.07, 6.45) is 1.00. The lowest BCUT2D eigenvalue weighted by molar-refractivity contribution is -0.116. The second kappa shape index (κ2) is 6.78. The van der Waals surface area contributed by atoms with Crippen molar-refractivity contribution in [1.82, 2.24) is 0 Å². The van der Waals surface area contributed by atoms with Gasteiger partial charge >= 0.3 is 0 Å². The second-order valence-corrected chi connectivity index (χ2v) is 5.37. The Labute approximate surface area is 128 Å². The van der Waals surface area contributed by atoms with Crippen molar-refractivity contribution in [2.75, 3.05) is 5.32 Å². The average molecular weight is 308 g/mol. The smallest absolute Gasteiger partial charge is 0.224 e. The van der Waals surface area contributed by atoms with Gasteiger partial charge in [-0.05, 0) is 42.7 Å². The molecule has 2 aromatic carbocycles. The van der Waals surface area contributed by atoms with E-state index in [4.69, 9.17) is 23.2 Å². The maximum atomic E-state index is 12.0. The normalized spacial score (nSPS) is 10.3. The van der Waals surface area contributed by atoms with Crippen LogP contribution in [0.25, 0.3) is 0 Å². The van der Waals surface area contributed by atoms with Gasteiger partial charge < -0.3 is 5.32 Å². The number of hydrogen-bond donors (Lipinski definition) is 1. The van der Waals surface area contributed by atoms with Crippen LogP contribution in [-0.4, -0.2) is 5.91 Å².